The van der Waals surface area contributed by atoms with Crippen LogP contribution in [0.3, 0.4) is 0 Å². The molecule has 2 aromatic rings. The summed E-state index contributed by atoms with van der Waals surface area (Å²) in [4.78, 5) is 38.5. The number of amides is 4. The van der Waals surface area contributed by atoms with Crippen LogP contribution < -0.4 is 5.32 Å². The van der Waals surface area contributed by atoms with Crippen LogP contribution in [0.5, 0.6) is 0 Å². The smallest absolute Gasteiger partial charge is 0.324 e. The summed E-state index contributed by atoms with van der Waals surface area (Å²) in [6.45, 7) is 0.625. The largest absolute Gasteiger partial charge is 0.337 e. The second-order valence-electron chi connectivity index (χ2n) is 6.09. The number of imide groups is 1. The maximum Gasteiger partial charge on any atom is 0.324 e. The molecular formula is C19H18ClN3O3. The molecule has 0 saturated carbocycles. The van der Waals surface area contributed by atoms with Gasteiger partial charge >= 0.3 is 6.03 Å². The number of nitrogens with zero attached hydrogens (tertiary/aromatic N) is 2. The Bertz CT molecular complexity index is 835. The maximum atomic E-state index is 12.6. The third kappa shape index (κ3) is 3.86. The van der Waals surface area contributed by atoms with E-state index in [1.807, 2.05) is 18.2 Å². The summed E-state index contributed by atoms with van der Waals surface area (Å²) in [7, 11) is 1.72. The summed E-state index contributed by atoms with van der Waals surface area (Å²) in [5, 5.41) is 3.10. The summed E-state index contributed by atoms with van der Waals surface area (Å²) in [5.41, 5.74) is 2.18. The van der Waals surface area contributed by atoms with E-state index in [0.717, 1.165) is 16.0 Å². The number of hydrogen-bond donors (Lipinski definition) is 1. The number of benzene rings is 2. The fraction of sp³-hybridized carbons (Fsp3) is 0.211. The van der Waals surface area contributed by atoms with E-state index >= 15 is 0 Å². The zero-order valence-electron chi connectivity index (χ0n) is 14.2. The number of hydrogen-bond acceptors (Lipinski definition) is 3. The standard InChI is InChI=1S/C19H18ClN3O3/c1-22(12-15-4-2-3-5-16(15)20)18(25)14-8-6-13(7-9-14)11-23-17(24)10-21-19(23)26/h2-9H,10-12H2,1H3,(H,21,26). The number of urea groups is 1. The van der Waals surface area contributed by atoms with Gasteiger partial charge in [-0.3, -0.25) is 14.5 Å². The van der Waals surface area contributed by atoms with E-state index < -0.39 is 6.03 Å². The summed E-state index contributed by atoms with van der Waals surface area (Å²) < 4.78 is 0. The number of carbonyl (C=O) groups excluding carboxylic acids is 3. The molecule has 2 aromatic carbocycles. The Kier molecular flexibility index (Phi) is 5.23. The molecule has 1 fully saturated rings. The van der Waals surface area contributed by atoms with Crippen molar-refractivity contribution in [3.63, 3.8) is 0 Å². The summed E-state index contributed by atoms with van der Waals surface area (Å²) in [6.07, 6.45) is 0. The molecule has 1 N–H and O–H groups in total. The topological polar surface area (TPSA) is 69.7 Å². The van der Waals surface area contributed by atoms with Crippen LogP contribution in [0.15, 0.2) is 48.5 Å². The van der Waals surface area contributed by atoms with Gasteiger partial charge in [0.2, 0.25) is 5.91 Å². The van der Waals surface area contributed by atoms with Gasteiger partial charge in [-0.2, -0.15) is 0 Å². The molecule has 0 spiro atoms. The third-order valence-electron chi connectivity index (χ3n) is 4.19. The quantitative estimate of drug-likeness (QED) is 0.821. The zero-order chi connectivity index (χ0) is 18.7. The Morgan fingerprint density at radius 3 is 2.46 bits per heavy atom. The molecule has 134 valence electrons. The molecule has 7 heteroatoms. The Morgan fingerprint density at radius 1 is 1.15 bits per heavy atom. The highest BCUT2D eigenvalue weighted by atomic mass is 35.5. The van der Waals surface area contributed by atoms with E-state index in [-0.39, 0.29) is 24.9 Å². The number of nitrogens with one attached hydrogen (secondary N) is 1. The van der Waals surface area contributed by atoms with Gasteiger partial charge in [-0.25, -0.2) is 4.79 Å². The van der Waals surface area contributed by atoms with E-state index in [0.29, 0.717) is 17.1 Å². The molecule has 3 rings (SSSR count). The number of halogens is 1. The highest BCUT2D eigenvalue weighted by molar-refractivity contribution is 6.31. The van der Waals surface area contributed by atoms with Crippen molar-refractivity contribution < 1.29 is 14.4 Å². The molecular weight excluding hydrogens is 354 g/mol. The summed E-state index contributed by atoms with van der Waals surface area (Å²) >= 11 is 6.14. The second-order valence-corrected chi connectivity index (χ2v) is 6.50. The van der Waals surface area contributed by atoms with Crippen molar-refractivity contribution >= 4 is 29.4 Å². The van der Waals surface area contributed by atoms with Gasteiger partial charge in [0.25, 0.3) is 5.91 Å². The highest BCUT2D eigenvalue weighted by Gasteiger charge is 2.28. The van der Waals surface area contributed by atoms with Crippen molar-refractivity contribution in [2.45, 2.75) is 13.1 Å². The van der Waals surface area contributed by atoms with Crippen LogP contribution >= 0.6 is 11.6 Å². The van der Waals surface area contributed by atoms with E-state index in [9.17, 15) is 14.4 Å². The SMILES string of the molecule is CN(Cc1ccccc1Cl)C(=O)c1ccc(CN2C(=O)CNC2=O)cc1. The minimum absolute atomic E-state index is 0.0300. The Morgan fingerprint density at radius 2 is 1.85 bits per heavy atom. The van der Waals surface area contributed by atoms with Crippen LogP contribution in [0, 0.1) is 0 Å². The molecule has 0 unspecified atom stereocenters. The minimum Gasteiger partial charge on any atom is -0.337 e. The zero-order valence-corrected chi connectivity index (χ0v) is 15.0. The molecule has 0 aromatic heterocycles. The van der Waals surface area contributed by atoms with E-state index in [4.69, 9.17) is 11.6 Å². The molecule has 1 heterocycles. The van der Waals surface area contributed by atoms with E-state index in [1.54, 1.807) is 42.3 Å². The lowest BCUT2D eigenvalue weighted by atomic mass is 10.1. The van der Waals surface area contributed by atoms with E-state index in [2.05, 4.69) is 5.32 Å². The third-order valence-corrected chi connectivity index (χ3v) is 4.56. The molecule has 1 aliphatic rings. The number of rotatable bonds is 5. The predicted octanol–water partition coefficient (Wildman–Crippen LogP) is 2.66. The monoisotopic (exact) mass is 371 g/mol. The Labute approximate surface area is 156 Å². The normalized spacial score (nSPS) is 13.7. The van der Waals surface area contributed by atoms with Crippen LogP contribution in [0.1, 0.15) is 21.5 Å². The van der Waals surface area contributed by atoms with Crippen LogP contribution in [0.2, 0.25) is 5.02 Å². The maximum absolute atomic E-state index is 12.6. The lowest BCUT2D eigenvalue weighted by molar-refractivity contribution is -0.125. The molecule has 1 aliphatic heterocycles. The fourth-order valence-corrected chi connectivity index (χ4v) is 2.92. The first kappa shape index (κ1) is 17.9. The van der Waals surface area contributed by atoms with Gasteiger partial charge in [0.05, 0.1) is 13.1 Å². The van der Waals surface area contributed by atoms with Gasteiger partial charge in [-0.15, -0.1) is 0 Å². The molecule has 26 heavy (non-hydrogen) atoms. The lowest BCUT2D eigenvalue weighted by Crippen LogP contribution is -2.30. The van der Waals surface area contributed by atoms with Crippen molar-refractivity contribution in [1.29, 1.82) is 0 Å². The minimum atomic E-state index is -0.394. The van der Waals surface area contributed by atoms with Gasteiger partial charge < -0.3 is 10.2 Å². The van der Waals surface area contributed by atoms with Crippen molar-refractivity contribution in [2.24, 2.45) is 0 Å². The van der Waals surface area contributed by atoms with Gasteiger partial charge in [0, 0.05) is 24.2 Å². The average molecular weight is 372 g/mol. The fourth-order valence-electron chi connectivity index (χ4n) is 2.72. The lowest BCUT2D eigenvalue weighted by Gasteiger charge is -2.18. The summed E-state index contributed by atoms with van der Waals surface area (Å²) in [5.74, 6) is -0.388. The van der Waals surface area contributed by atoms with Gasteiger partial charge in [-0.05, 0) is 29.3 Å². The molecule has 1 saturated heterocycles. The molecule has 0 radical (unpaired) electrons. The van der Waals surface area contributed by atoms with Gasteiger partial charge in [-0.1, -0.05) is 41.9 Å². The Hall–Kier alpha value is -2.86. The predicted molar refractivity (Wildman–Crippen MR) is 97.6 cm³/mol. The first-order valence-corrected chi connectivity index (χ1v) is 8.49. The summed E-state index contributed by atoms with van der Waals surface area (Å²) in [6, 6.07) is 13.9. The first-order valence-electron chi connectivity index (χ1n) is 8.11. The van der Waals surface area contributed by atoms with Crippen molar-refractivity contribution in [1.82, 2.24) is 15.1 Å². The second kappa shape index (κ2) is 7.58. The van der Waals surface area contributed by atoms with Crippen LogP contribution in [0.4, 0.5) is 4.79 Å². The van der Waals surface area contributed by atoms with Crippen molar-refractivity contribution in [3.8, 4) is 0 Å². The average Bonchev–Trinajstić information content (AvgIpc) is 2.95. The molecule has 4 amide bonds. The van der Waals surface area contributed by atoms with Crippen molar-refractivity contribution in [3.05, 3.63) is 70.2 Å². The van der Waals surface area contributed by atoms with Gasteiger partial charge in [0.15, 0.2) is 0 Å². The molecule has 0 bridgehead atoms. The molecule has 0 atom stereocenters. The van der Waals surface area contributed by atoms with Crippen molar-refractivity contribution in [2.75, 3.05) is 13.6 Å². The first-order chi connectivity index (χ1) is 12.5. The van der Waals surface area contributed by atoms with E-state index in [1.165, 1.54) is 0 Å². The van der Waals surface area contributed by atoms with Crippen LogP contribution in [-0.4, -0.2) is 41.2 Å². The van der Waals surface area contributed by atoms with Gasteiger partial charge in [0.1, 0.15) is 0 Å². The van der Waals surface area contributed by atoms with Crippen LogP contribution in [0.25, 0.3) is 0 Å². The highest BCUT2D eigenvalue weighted by Crippen LogP contribution is 2.18. The van der Waals surface area contributed by atoms with Crippen LogP contribution in [-0.2, 0) is 17.9 Å². The Balaban J connectivity index is 1.66. The molecule has 0 aliphatic carbocycles. The molecule has 6 nitrogen and oxygen atoms in total. The number of carbonyl (C=O) groups is 3.